The second kappa shape index (κ2) is 7.78. The topological polar surface area (TPSA) is 61.8 Å². The largest absolute Gasteiger partial charge is 0.497 e. The molecule has 0 aliphatic rings. The van der Waals surface area contributed by atoms with Gasteiger partial charge in [0, 0.05) is 16.1 Å². The Morgan fingerprint density at radius 1 is 1.04 bits per heavy atom. The summed E-state index contributed by atoms with van der Waals surface area (Å²) in [6.45, 7) is -0.343. The maximum Gasteiger partial charge on any atom is 0.342 e. The van der Waals surface area contributed by atoms with Crippen LogP contribution in [0.5, 0.6) is 11.5 Å². The van der Waals surface area contributed by atoms with Crippen molar-refractivity contribution in [1.29, 1.82) is 0 Å². The van der Waals surface area contributed by atoms with Crippen LogP contribution in [-0.2, 0) is 4.74 Å². The predicted octanol–water partition coefficient (Wildman–Crippen LogP) is 3.51. The van der Waals surface area contributed by atoms with Crippen molar-refractivity contribution in [1.82, 2.24) is 0 Å². The molecule has 2 aromatic carbocycles. The third-order valence-electron chi connectivity index (χ3n) is 3.11. The number of halogens is 1. The molecule has 23 heavy (non-hydrogen) atoms. The Labute approximate surface area is 142 Å². The molecule has 0 bridgehead atoms. The zero-order chi connectivity index (χ0) is 16.8. The summed E-state index contributed by atoms with van der Waals surface area (Å²) in [6.07, 6.45) is 0. The predicted molar refractivity (Wildman–Crippen MR) is 88.3 cm³/mol. The van der Waals surface area contributed by atoms with Crippen molar-refractivity contribution in [2.45, 2.75) is 0 Å². The number of benzene rings is 2. The van der Waals surface area contributed by atoms with Crippen molar-refractivity contribution in [3.63, 3.8) is 0 Å². The number of hydrogen-bond acceptors (Lipinski definition) is 5. The highest BCUT2D eigenvalue weighted by molar-refractivity contribution is 9.10. The lowest BCUT2D eigenvalue weighted by Crippen LogP contribution is -2.15. The maximum atomic E-state index is 12.1. The Morgan fingerprint density at radius 2 is 1.83 bits per heavy atom. The zero-order valence-corrected chi connectivity index (χ0v) is 14.3. The van der Waals surface area contributed by atoms with E-state index in [-0.39, 0.29) is 18.0 Å². The quantitative estimate of drug-likeness (QED) is 0.568. The van der Waals surface area contributed by atoms with Gasteiger partial charge in [-0.05, 0) is 24.3 Å². The van der Waals surface area contributed by atoms with Gasteiger partial charge >= 0.3 is 5.97 Å². The summed E-state index contributed by atoms with van der Waals surface area (Å²) in [7, 11) is 2.96. The van der Waals surface area contributed by atoms with Crippen molar-refractivity contribution >= 4 is 27.7 Å². The smallest absolute Gasteiger partial charge is 0.342 e. The summed E-state index contributed by atoms with van der Waals surface area (Å²) in [5, 5.41) is 0. The van der Waals surface area contributed by atoms with Crippen molar-refractivity contribution in [2.75, 3.05) is 20.8 Å². The molecule has 0 aromatic heterocycles. The molecule has 0 aliphatic heterocycles. The third-order valence-corrected chi connectivity index (χ3v) is 3.60. The number of Topliss-reactive ketones (excluding diaryl/α,β-unsaturated/α-hetero) is 1. The van der Waals surface area contributed by atoms with E-state index in [9.17, 15) is 9.59 Å². The van der Waals surface area contributed by atoms with Crippen molar-refractivity contribution in [2.24, 2.45) is 0 Å². The third kappa shape index (κ3) is 4.32. The highest BCUT2D eigenvalue weighted by Crippen LogP contribution is 2.25. The first kappa shape index (κ1) is 17.0. The normalized spacial score (nSPS) is 10.0. The first-order valence-electron chi connectivity index (χ1n) is 6.73. The summed E-state index contributed by atoms with van der Waals surface area (Å²) in [6, 6.07) is 11.6. The Hall–Kier alpha value is -2.34. The monoisotopic (exact) mass is 378 g/mol. The van der Waals surface area contributed by atoms with Crippen LogP contribution in [0.25, 0.3) is 0 Å². The molecule has 0 unspecified atom stereocenters. The van der Waals surface area contributed by atoms with Crippen molar-refractivity contribution < 1.29 is 23.8 Å². The summed E-state index contributed by atoms with van der Waals surface area (Å²) in [5.41, 5.74) is 0.698. The minimum Gasteiger partial charge on any atom is -0.497 e. The van der Waals surface area contributed by atoms with Crippen LogP contribution in [0, 0.1) is 0 Å². The van der Waals surface area contributed by atoms with Gasteiger partial charge in [0.2, 0.25) is 0 Å². The molecule has 120 valence electrons. The van der Waals surface area contributed by atoms with Crippen LogP contribution in [0.2, 0.25) is 0 Å². The van der Waals surface area contributed by atoms with Gasteiger partial charge < -0.3 is 14.2 Å². The molecule has 5 nitrogen and oxygen atoms in total. The standard InChI is InChI=1S/C17H15BrO5/c1-21-13-6-7-14(16(9-13)22-2)17(20)23-10-15(19)11-4-3-5-12(18)8-11/h3-9H,10H2,1-2H3. The Morgan fingerprint density at radius 3 is 2.48 bits per heavy atom. The van der Waals surface area contributed by atoms with Gasteiger partial charge in [0.05, 0.1) is 14.2 Å². The molecule has 0 radical (unpaired) electrons. The number of ether oxygens (including phenoxy) is 3. The molecule has 0 saturated heterocycles. The molecule has 0 fully saturated rings. The highest BCUT2D eigenvalue weighted by atomic mass is 79.9. The summed E-state index contributed by atoms with van der Waals surface area (Å²) in [4.78, 5) is 24.2. The van der Waals surface area contributed by atoms with Gasteiger partial charge in [-0.15, -0.1) is 0 Å². The molecule has 0 aliphatic carbocycles. The molecule has 0 amide bonds. The lowest BCUT2D eigenvalue weighted by Gasteiger charge is -2.10. The molecule has 0 atom stereocenters. The first-order valence-corrected chi connectivity index (χ1v) is 7.52. The van der Waals surface area contributed by atoms with E-state index in [1.165, 1.54) is 20.3 Å². The van der Waals surface area contributed by atoms with Gasteiger partial charge in [-0.2, -0.15) is 0 Å². The van der Waals surface area contributed by atoms with Crippen LogP contribution in [0.4, 0.5) is 0 Å². The zero-order valence-electron chi connectivity index (χ0n) is 12.7. The van der Waals surface area contributed by atoms with E-state index in [1.807, 2.05) is 6.07 Å². The number of ketones is 1. The van der Waals surface area contributed by atoms with Crippen LogP contribution in [-0.4, -0.2) is 32.6 Å². The van der Waals surface area contributed by atoms with Crippen LogP contribution in [0.3, 0.4) is 0 Å². The van der Waals surface area contributed by atoms with Gasteiger partial charge in [0.15, 0.2) is 12.4 Å². The number of carbonyl (C=O) groups is 2. The minimum absolute atomic E-state index is 0.232. The first-order chi connectivity index (χ1) is 11.0. The van der Waals surface area contributed by atoms with Crippen LogP contribution in [0.1, 0.15) is 20.7 Å². The Kier molecular flexibility index (Phi) is 5.76. The second-order valence-corrected chi connectivity index (χ2v) is 5.49. The molecule has 2 rings (SSSR count). The molecular weight excluding hydrogens is 364 g/mol. The fourth-order valence-corrected chi connectivity index (χ4v) is 2.32. The summed E-state index contributed by atoms with van der Waals surface area (Å²) < 4.78 is 16.1. The number of carbonyl (C=O) groups excluding carboxylic acids is 2. The number of methoxy groups -OCH3 is 2. The molecule has 0 saturated carbocycles. The van der Waals surface area contributed by atoms with E-state index in [0.717, 1.165) is 4.47 Å². The molecule has 6 heteroatoms. The van der Waals surface area contributed by atoms with E-state index >= 15 is 0 Å². The molecule has 0 N–H and O–H groups in total. The van der Waals surface area contributed by atoms with Crippen molar-refractivity contribution in [3.05, 3.63) is 58.1 Å². The molecule has 2 aromatic rings. The molecule has 0 heterocycles. The Balaban J connectivity index is 2.06. The fraction of sp³-hybridized carbons (Fsp3) is 0.176. The van der Waals surface area contributed by atoms with Crippen molar-refractivity contribution in [3.8, 4) is 11.5 Å². The Bertz CT molecular complexity index is 727. The fourth-order valence-electron chi connectivity index (χ4n) is 1.92. The average molecular weight is 379 g/mol. The SMILES string of the molecule is COc1ccc(C(=O)OCC(=O)c2cccc(Br)c2)c(OC)c1. The number of esters is 1. The van der Waals surface area contributed by atoms with Gasteiger partial charge in [-0.3, -0.25) is 4.79 Å². The average Bonchev–Trinajstić information content (AvgIpc) is 2.58. The van der Waals surface area contributed by atoms with E-state index in [2.05, 4.69) is 15.9 Å². The van der Waals surface area contributed by atoms with E-state index in [1.54, 1.807) is 30.3 Å². The van der Waals surface area contributed by atoms with Gasteiger partial charge in [0.1, 0.15) is 17.1 Å². The van der Waals surface area contributed by atoms with E-state index < -0.39 is 5.97 Å². The van der Waals surface area contributed by atoms with Gasteiger partial charge in [-0.1, -0.05) is 28.1 Å². The summed E-state index contributed by atoms with van der Waals surface area (Å²) in [5.74, 6) is -0.0344. The number of rotatable bonds is 6. The lowest BCUT2D eigenvalue weighted by atomic mass is 10.1. The van der Waals surface area contributed by atoms with Gasteiger partial charge in [-0.25, -0.2) is 4.79 Å². The van der Waals surface area contributed by atoms with Crippen LogP contribution >= 0.6 is 15.9 Å². The molecular formula is C17H15BrO5. The van der Waals surface area contributed by atoms with E-state index in [4.69, 9.17) is 14.2 Å². The maximum absolute atomic E-state index is 12.1. The highest BCUT2D eigenvalue weighted by Gasteiger charge is 2.17. The van der Waals surface area contributed by atoms with Crippen LogP contribution < -0.4 is 9.47 Å². The number of hydrogen-bond donors (Lipinski definition) is 0. The minimum atomic E-state index is -0.632. The molecule has 0 spiro atoms. The van der Waals surface area contributed by atoms with E-state index in [0.29, 0.717) is 17.1 Å². The van der Waals surface area contributed by atoms with Crippen LogP contribution in [0.15, 0.2) is 46.9 Å². The van der Waals surface area contributed by atoms with Gasteiger partial charge in [0.25, 0.3) is 0 Å². The second-order valence-electron chi connectivity index (χ2n) is 4.58. The lowest BCUT2D eigenvalue weighted by molar-refractivity contribution is 0.0471. The summed E-state index contributed by atoms with van der Waals surface area (Å²) >= 11 is 3.29.